The van der Waals surface area contributed by atoms with Gasteiger partial charge in [-0.3, -0.25) is 9.98 Å². The van der Waals surface area contributed by atoms with Crippen LogP contribution < -0.4 is 0 Å². The molecule has 4 heteroatoms. The highest BCUT2D eigenvalue weighted by Crippen LogP contribution is 2.25. The van der Waals surface area contributed by atoms with Gasteiger partial charge in [0, 0.05) is 28.7 Å². The molecule has 0 bridgehead atoms. The Morgan fingerprint density at radius 2 is 1.62 bits per heavy atom. The molecule has 0 atom stereocenters. The van der Waals surface area contributed by atoms with Crippen molar-refractivity contribution in [2.45, 2.75) is 62.3 Å². The Kier molecular flexibility index (Phi) is 11.0. The van der Waals surface area contributed by atoms with Gasteiger partial charge in [-0.05, 0) is 45.7 Å². The number of nitrogens with zero attached hydrogens (tertiary/aromatic N) is 4. The van der Waals surface area contributed by atoms with Crippen molar-refractivity contribution in [3.05, 3.63) is 53.9 Å². The molecule has 0 aromatic carbocycles. The van der Waals surface area contributed by atoms with E-state index in [4.69, 9.17) is 0 Å². The summed E-state index contributed by atoms with van der Waals surface area (Å²) in [6.07, 6.45) is 3.30. The molecule has 0 aliphatic rings. The Bertz CT molecular complexity index is 724. The van der Waals surface area contributed by atoms with E-state index in [1.807, 2.05) is 53.7 Å². The summed E-state index contributed by atoms with van der Waals surface area (Å²) >= 11 is 0. The SMILES string of the molecule is C=C(c1ccc(N=C(C)C)c(C)n1)c1cncnc1C.CC.CC(C)C. The van der Waals surface area contributed by atoms with Gasteiger partial charge in [0.25, 0.3) is 0 Å². The minimum atomic E-state index is 0.827. The topological polar surface area (TPSA) is 51.0 Å². The number of hydrogen-bond acceptors (Lipinski definition) is 4. The van der Waals surface area contributed by atoms with Gasteiger partial charge in [0.15, 0.2) is 0 Å². The normalized spacial score (nSPS) is 9.46. The van der Waals surface area contributed by atoms with Crippen molar-refractivity contribution in [2.75, 3.05) is 0 Å². The van der Waals surface area contributed by atoms with Crippen LogP contribution in [0.3, 0.4) is 0 Å². The van der Waals surface area contributed by atoms with E-state index in [-0.39, 0.29) is 0 Å². The quantitative estimate of drug-likeness (QED) is 0.603. The van der Waals surface area contributed by atoms with Crippen LogP contribution in [0.2, 0.25) is 0 Å². The number of aryl methyl sites for hydroxylation is 2. The van der Waals surface area contributed by atoms with E-state index in [0.29, 0.717) is 0 Å². The third-order valence-electron chi connectivity index (χ3n) is 2.95. The molecule has 0 saturated heterocycles. The molecule has 2 aromatic rings. The van der Waals surface area contributed by atoms with Crippen molar-refractivity contribution in [1.29, 1.82) is 0 Å². The predicted molar refractivity (Wildman–Crippen MR) is 114 cm³/mol. The van der Waals surface area contributed by atoms with Crippen LogP contribution in [-0.2, 0) is 0 Å². The number of aromatic nitrogens is 3. The smallest absolute Gasteiger partial charge is 0.115 e. The molecule has 26 heavy (non-hydrogen) atoms. The Morgan fingerprint density at radius 1 is 1.04 bits per heavy atom. The molecule has 0 fully saturated rings. The van der Waals surface area contributed by atoms with E-state index in [9.17, 15) is 0 Å². The molecule has 0 N–H and O–H groups in total. The minimum Gasteiger partial charge on any atom is -0.257 e. The zero-order chi connectivity index (χ0) is 20.3. The van der Waals surface area contributed by atoms with Crippen LogP contribution in [0.15, 0.2) is 36.2 Å². The fourth-order valence-corrected chi connectivity index (χ4v) is 1.91. The highest BCUT2D eigenvalue weighted by Gasteiger charge is 2.09. The molecule has 0 aliphatic carbocycles. The monoisotopic (exact) mass is 354 g/mol. The van der Waals surface area contributed by atoms with Gasteiger partial charge in [0.05, 0.1) is 17.1 Å². The summed E-state index contributed by atoms with van der Waals surface area (Å²) < 4.78 is 0. The van der Waals surface area contributed by atoms with Gasteiger partial charge < -0.3 is 0 Å². The molecule has 2 heterocycles. The molecule has 4 nitrogen and oxygen atoms in total. The van der Waals surface area contributed by atoms with E-state index in [2.05, 4.69) is 47.3 Å². The van der Waals surface area contributed by atoms with E-state index < -0.39 is 0 Å². The second-order valence-electron chi connectivity index (χ2n) is 6.59. The second kappa shape index (κ2) is 12.1. The van der Waals surface area contributed by atoms with Gasteiger partial charge in [-0.15, -0.1) is 0 Å². The first-order chi connectivity index (χ1) is 12.2. The maximum absolute atomic E-state index is 4.58. The lowest BCUT2D eigenvalue weighted by Gasteiger charge is -2.09. The average molecular weight is 355 g/mol. The third kappa shape index (κ3) is 8.15. The van der Waals surface area contributed by atoms with Crippen LogP contribution in [0.4, 0.5) is 5.69 Å². The summed E-state index contributed by atoms with van der Waals surface area (Å²) in [5.74, 6) is 0.833. The lowest BCUT2D eigenvalue weighted by atomic mass is 10.0. The molecule has 0 unspecified atom stereocenters. The summed E-state index contributed by atoms with van der Waals surface area (Å²) in [4.78, 5) is 17.3. The maximum Gasteiger partial charge on any atom is 0.115 e. The van der Waals surface area contributed by atoms with Crippen LogP contribution >= 0.6 is 0 Å². The van der Waals surface area contributed by atoms with Crippen molar-refractivity contribution in [3.63, 3.8) is 0 Å². The molecule has 0 aliphatic heterocycles. The lowest BCUT2D eigenvalue weighted by molar-refractivity contribution is 0.737. The van der Waals surface area contributed by atoms with E-state index in [1.165, 1.54) is 6.33 Å². The largest absolute Gasteiger partial charge is 0.257 e. The van der Waals surface area contributed by atoms with E-state index in [1.54, 1.807) is 6.20 Å². The van der Waals surface area contributed by atoms with E-state index in [0.717, 1.165) is 45.5 Å². The van der Waals surface area contributed by atoms with Crippen LogP contribution in [-0.4, -0.2) is 20.7 Å². The summed E-state index contributed by atoms with van der Waals surface area (Å²) in [6, 6.07) is 3.90. The average Bonchev–Trinajstić information content (AvgIpc) is 2.57. The first-order valence-electron chi connectivity index (χ1n) is 9.18. The first-order valence-corrected chi connectivity index (χ1v) is 9.18. The van der Waals surface area contributed by atoms with Crippen molar-refractivity contribution < 1.29 is 0 Å². The molecule has 0 radical (unpaired) electrons. The third-order valence-corrected chi connectivity index (χ3v) is 2.95. The minimum absolute atomic E-state index is 0.827. The van der Waals surface area contributed by atoms with Gasteiger partial charge in [-0.25, -0.2) is 9.97 Å². The predicted octanol–water partition coefficient (Wildman–Crippen LogP) is 6.35. The molecule has 0 spiro atoms. The molecule has 142 valence electrons. The van der Waals surface area contributed by atoms with Crippen LogP contribution in [0, 0.1) is 19.8 Å². The van der Waals surface area contributed by atoms with Gasteiger partial charge in [-0.1, -0.05) is 41.2 Å². The number of pyridine rings is 1. The van der Waals surface area contributed by atoms with E-state index >= 15 is 0 Å². The zero-order valence-electron chi connectivity index (χ0n) is 17.9. The van der Waals surface area contributed by atoms with Crippen molar-refractivity contribution in [3.8, 4) is 0 Å². The Balaban J connectivity index is 0.000000920. The molecule has 0 saturated carbocycles. The number of aliphatic imine (C=N–C) groups is 1. The highest BCUT2D eigenvalue weighted by molar-refractivity contribution is 5.83. The fraction of sp³-hybridized carbons (Fsp3) is 0.455. The summed E-state index contributed by atoms with van der Waals surface area (Å²) in [6.45, 7) is 22.4. The van der Waals surface area contributed by atoms with Crippen LogP contribution in [0.25, 0.3) is 5.57 Å². The van der Waals surface area contributed by atoms with Gasteiger partial charge in [0.1, 0.15) is 6.33 Å². The summed E-state index contributed by atoms with van der Waals surface area (Å²) in [7, 11) is 0. The van der Waals surface area contributed by atoms with Crippen molar-refractivity contribution in [2.24, 2.45) is 10.9 Å². The summed E-state index contributed by atoms with van der Waals surface area (Å²) in [5.41, 5.74) is 6.26. The van der Waals surface area contributed by atoms with Gasteiger partial charge >= 0.3 is 0 Å². The standard InChI is InChI=1S/C16H18N4.C4H10.C2H6/c1-10(2)19-16-7-6-15(20-13(16)5)11(3)14-8-17-9-18-12(14)4;1-4(2)3;1-2/h6-9H,3H2,1-2,4-5H3;4H,1-3H3;1-2H3. The Labute approximate surface area is 159 Å². The Morgan fingerprint density at radius 3 is 2.08 bits per heavy atom. The maximum atomic E-state index is 4.58. The van der Waals surface area contributed by atoms with Crippen LogP contribution in [0.1, 0.15) is 71.1 Å². The van der Waals surface area contributed by atoms with Crippen molar-refractivity contribution >= 4 is 17.0 Å². The number of rotatable bonds is 3. The second-order valence-corrected chi connectivity index (χ2v) is 6.59. The molecular formula is C22H34N4. The van der Waals surface area contributed by atoms with Gasteiger partial charge in [0.2, 0.25) is 0 Å². The molecule has 2 aromatic heterocycles. The Hall–Kier alpha value is -2.36. The zero-order valence-corrected chi connectivity index (χ0v) is 17.9. The summed E-state index contributed by atoms with van der Waals surface area (Å²) in [5, 5.41) is 0. The van der Waals surface area contributed by atoms with Gasteiger partial charge in [-0.2, -0.15) is 0 Å². The first kappa shape index (κ1) is 23.6. The highest BCUT2D eigenvalue weighted by atomic mass is 14.8. The lowest BCUT2D eigenvalue weighted by Crippen LogP contribution is -1.97. The molecular weight excluding hydrogens is 320 g/mol. The van der Waals surface area contributed by atoms with Crippen molar-refractivity contribution in [1.82, 2.24) is 15.0 Å². The fourth-order valence-electron chi connectivity index (χ4n) is 1.91. The molecule has 0 amide bonds. The number of hydrogen-bond donors (Lipinski definition) is 0. The molecule has 2 rings (SSSR count). The van der Waals surface area contributed by atoms with Crippen LogP contribution in [0.5, 0.6) is 0 Å².